The van der Waals surface area contributed by atoms with Crippen molar-refractivity contribution in [3.05, 3.63) is 47.5 Å². The van der Waals surface area contributed by atoms with Gasteiger partial charge < -0.3 is 9.32 Å². The van der Waals surface area contributed by atoms with Gasteiger partial charge >= 0.3 is 0 Å². The van der Waals surface area contributed by atoms with Gasteiger partial charge in [-0.25, -0.2) is 4.68 Å². The Morgan fingerprint density at radius 1 is 1.12 bits per heavy atom. The highest BCUT2D eigenvalue weighted by Gasteiger charge is 2.36. The zero-order chi connectivity index (χ0) is 23.7. The lowest BCUT2D eigenvalue weighted by Crippen LogP contribution is -2.49. The third-order valence-corrected chi connectivity index (χ3v) is 7.35. The van der Waals surface area contributed by atoms with Crippen molar-refractivity contribution in [2.45, 2.75) is 78.2 Å². The summed E-state index contributed by atoms with van der Waals surface area (Å²) < 4.78 is 7.57. The molecule has 0 spiro atoms. The largest absolute Gasteiger partial charge is 0.420 e. The van der Waals surface area contributed by atoms with Crippen LogP contribution in [0.5, 0.6) is 0 Å². The van der Waals surface area contributed by atoms with Gasteiger partial charge in [-0.3, -0.25) is 4.79 Å². The summed E-state index contributed by atoms with van der Waals surface area (Å²) in [6.07, 6.45) is 9.24. The second kappa shape index (κ2) is 9.72. The van der Waals surface area contributed by atoms with E-state index in [2.05, 4.69) is 28.9 Å². The van der Waals surface area contributed by atoms with Crippen LogP contribution in [0.25, 0.3) is 17.3 Å². The van der Waals surface area contributed by atoms with E-state index in [0.29, 0.717) is 35.4 Å². The molecule has 7 heteroatoms. The molecule has 3 heterocycles. The average Bonchev–Trinajstić information content (AvgIpc) is 3.48. The van der Waals surface area contributed by atoms with Crippen molar-refractivity contribution in [1.29, 1.82) is 0 Å². The number of carbonyl (C=O) groups is 1. The van der Waals surface area contributed by atoms with E-state index in [0.717, 1.165) is 49.2 Å². The molecule has 2 aromatic heterocycles. The molecule has 2 fully saturated rings. The Balaban J connectivity index is 1.46. The topological polar surface area (TPSA) is 77.1 Å². The van der Waals surface area contributed by atoms with E-state index in [9.17, 15) is 4.79 Å². The van der Waals surface area contributed by atoms with Crippen LogP contribution >= 0.6 is 0 Å². The molecular weight excluding hydrogens is 426 g/mol. The molecule has 2 atom stereocenters. The van der Waals surface area contributed by atoms with E-state index < -0.39 is 0 Å². The van der Waals surface area contributed by atoms with Crippen LogP contribution in [0.1, 0.15) is 80.7 Å². The molecule has 1 amide bonds. The van der Waals surface area contributed by atoms with Crippen LogP contribution in [0.2, 0.25) is 0 Å². The Bertz CT molecular complexity index is 1150. The SMILES string of the molecule is Cc1nnc(-c2cc(CCC(C)C)n(-c3cccc(C(=O)N4CCCC5CCCCC54)c3)n2)o1. The molecule has 5 rings (SSSR count). The van der Waals surface area contributed by atoms with Gasteiger partial charge in [0.15, 0.2) is 0 Å². The smallest absolute Gasteiger partial charge is 0.268 e. The first-order valence-electron chi connectivity index (χ1n) is 12.8. The van der Waals surface area contributed by atoms with Gasteiger partial charge in [-0.15, -0.1) is 10.2 Å². The Morgan fingerprint density at radius 2 is 1.94 bits per heavy atom. The predicted octanol–water partition coefficient (Wildman–Crippen LogP) is 5.61. The van der Waals surface area contributed by atoms with Gasteiger partial charge in [-0.1, -0.05) is 32.8 Å². The predicted molar refractivity (Wildman–Crippen MR) is 131 cm³/mol. The van der Waals surface area contributed by atoms with Gasteiger partial charge in [0, 0.05) is 30.8 Å². The summed E-state index contributed by atoms with van der Waals surface area (Å²) in [6, 6.07) is 10.3. The number of aryl methyl sites for hydroxylation is 2. The number of nitrogens with zero attached hydrogens (tertiary/aromatic N) is 5. The molecule has 34 heavy (non-hydrogen) atoms. The van der Waals surface area contributed by atoms with Crippen molar-refractivity contribution < 1.29 is 9.21 Å². The van der Waals surface area contributed by atoms with Gasteiger partial charge in [0.05, 0.1) is 5.69 Å². The van der Waals surface area contributed by atoms with Crippen molar-refractivity contribution in [3.63, 3.8) is 0 Å². The second-order valence-corrected chi connectivity index (χ2v) is 10.3. The fourth-order valence-corrected chi connectivity index (χ4v) is 5.58. The lowest BCUT2D eigenvalue weighted by Gasteiger charge is -2.44. The van der Waals surface area contributed by atoms with E-state index in [1.165, 1.54) is 25.7 Å². The van der Waals surface area contributed by atoms with Crippen molar-refractivity contribution in [3.8, 4) is 17.3 Å². The fraction of sp³-hybridized carbons (Fsp3) is 0.556. The van der Waals surface area contributed by atoms with Crippen LogP contribution in [0.4, 0.5) is 0 Å². The molecule has 1 saturated carbocycles. The highest BCUT2D eigenvalue weighted by Crippen LogP contribution is 2.36. The number of benzene rings is 1. The molecule has 2 aliphatic rings. The molecule has 1 aliphatic heterocycles. The summed E-state index contributed by atoms with van der Waals surface area (Å²) >= 11 is 0. The molecule has 1 aliphatic carbocycles. The first kappa shape index (κ1) is 22.8. The van der Waals surface area contributed by atoms with Gasteiger partial charge in [0.1, 0.15) is 5.69 Å². The minimum atomic E-state index is 0.155. The lowest BCUT2D eigenvalue weighted by molar-refractivity contribution is 0.0390. The number of aromatic nitrogens is 4. The van der Waals surface area contributed by atoms with E-state index in [1.54, 1.807) is 6.92 Å². The average molecular weight is 462 g/mol. The van der Waals surface area contributed by atoms with Gasteiger partial charge in [-0.05, 0) is 74.6 Å². The zero-order valence-corrected chi connectivity index (χ0v) is 20.5. The van der Waals surface area contributed by atoms with Gasteiger partial charge in [0.25, 0.3) is 11.8 Å². The van der Waals surface area contributed by atoms with E-state index in [1.807, 2.05) is 35.0 Å². The van der Waals surface area contributed by atoms with Gasteiger partial charge in [0.2, 0.25) is 5.89 Å². The Hall–Kier alpha value is -2.96. The van der Waals surface area contributed by atoms with E-state index >= 15 is 0 Å². The molecule has 0 radical (unpaired) electrons. The van der Waals surface area contributed by atoms with Crippen molar-refractivity contribution in [1.82, 2.24) is 24.9 Å². The minimum absolute atomic E-state index is 0.155. The van der Waals surface area contributed by atoms with Crippen molar-refractivity contribution in [2.24, 2.45) is 11.8 Å². The minimum Gasteiger partial charge on any atom is -0.420 e. The van der Waals surface area contributed by atoms with Crippen LogP contribution in [-0.2, 0) is 6.42 Å². The molecule has 1 aromatic carbocycles. The zero-order valence-electron chi connectivity index (χ0n) is 20.5. The monoisotopic (exact) mass is 461 g/mol. The molecule has 2 unspecified atom stereocenters. The van der Waals surface area contributed by atoms with Crippen LogP contribution in [0.15, 0.2) is 34.7 Å². The second-order valence-electron chi connectivity index (χ2n) is 10.3. The highest BCUT2D eigenvalue weighted by atomic mass is 16.4. The number of hydrogen-bond donors (Lipinski definition) is 0. The number of amides is 1. The van der Waals surface area contributed by atoms with Crippen LogP contribution in [0.3, 0.4) is 0 Å². The third kappa shape index (κ3) is 4.65. The molecule has 0 bridgehead atoms. The number of likely N-dealkylation sites (tertiary alicyclic amines) is 1. The van der Waals surface area contributed by atoms with E-state index in [-0.39, 0.29) is 5.91 Å². The molecule has 3 aromatic rings. The number of carbonyl (C=O) groups excluding carboxylic acids is 1. The molecule has 1 saturated heterocycles. The number of piperidine rings is 1. The maximum atomic E-state index is 13.6. The van der Waals surface area contributed by atoms with Crippen LogP contribution < -0.4 is 0 Å². The molecule has 0 N–H and O–H groups in total. The normalized spacial score (nSPS) is 20.5. The fourth-order valence-electron chi connectivity index (χ4n) is 5.58. The molecular formula is C27H35N5O2. The standard InChI is InChI=1S/C27H35N5O2/c1-18(2)13-14-23-17-24(26-29-28-19(3)34-26)30-32(23)22-11-6-9-21(16-22)27(33)31-15-7-10-20-8-4-5-12-25(20)31/h6,9,11,16-18,20,25H,4-5,7-8,10,12-15H2,1-3H3. The molecule has 180 valence electrons. The number of fused-ring (bicyclic) bond motifs is 1. The van der Waals surface area contributed by atoms with Crippen molar-refractivity contribution in [2.75, 3.05) is 6.54 Å². The van der Waals surface area contributed by atoms with E-state index in [4.69, 9.17) is 9.52 Å². The summed E-state index contributed by atoms with van der Waals surface area (Å²) in [5, 5.41) is 12.9. The Morgan fingerprint density at radius 3 is 2.74 bits per heavy atom. The lowest BCUT2D eigenvalue weighted by atomic mass is 9.78. The summed E-state index contributed by atoms with van der Waals surface area (Å²) in [5.74, 6) is 2.34. The highest BCUT2D eigenvalue weighted by molar-refractivity contribution is 5.95. The summed E-state index contributed by atoms with van der Waals surface area (Å²) in [4.78, 5) is 15.8. The molecule has 7 nitrogen and oxygen atoms in total. The van der Waals surface area contributed by atoms with Crippen LogP contribution in [-0.4, -0.2) is 43.4 Å². The summed E-state index contributed by atoms with van der Waals surface area (Å²) in [6.45, 7) is 7.09. The first-order chi connectivity index (χ1) is 16.5. The number of hydrogen-bond acceptors (Lipinski definition) is 5. The third-order valence-electron chi connectivity index (χ3n) is 7.35. The van der Waals surface area contributed by atoms with Gasteiger partial charge in [-0.2, -0.15) is 5.10 Å². The maximum Gasteiger partial charge on any atom is 0.268 e. The van der Waals surface area contributed by atoms with Crippen molar-refractivity contribution >= 4 is 5.91 Å². The summed E-state index contributed by atoms with van der Waals surface area (Å²) in [5.41, 5.74) is 3.38. The Labute approximate surface area is 201 Å². The maximum absolute atomic E-state index is 13.6. The van der Waals surface area contributed by atoms with Crippen LogP contribution in [0, 0.1) is 18.8 Å². The first-order valence-corrected chi connectivity index (χ1v) is 12.8. The Kier molecular flexibility index (Phi) is 6.53. The number of rotatable bonds is 6. The summed E-state index contributed by atoms with van der Waals surface area (Å²) in [7, 11) is 0. The quantitative estimate of drug-likeness (QED) is 0.476.